The average molecular weight is 244 g/mol. The number of nitrogen functional groups attached to an aromatic ring is 1. The fourth-order valence-electron chi connectivity index (χ4n) is 1.20. The maximum atomic E-state index is 5.90. The van der Waals surface area contributed by atoms with E-state index >= 15 is 0 Å². The first-order valence-electron chi connectivity index (χ1n) is 3.97. The van der Waals surface area contributed by atoms with E-state index in [4.69, 9.17) is 28.9 Å². The summed E-state index contributed by atoms with van der Waals surface area (Å²) in [4.78, 5) is 1.08. The second kappa shape index (κ2) is 3.81. The maximum absolute atomic E-state index is 5.90. The number of anilines is 1. The number of rotatable bonds is 1. The molecule has 0 amide bonds. The number of halogens is 2. The number of hydrogen-bond acceptors (Lipinski definition) is 2. The summed E-state index contributed by atoms with van der Waals surface area (Å²) in [5.41, 5.74) is 6.65. The number of hydrogen-bond donors (Lipinski definition) is 1. The monoisotopic (exact) mass is 243 g/mol. The van der Waals surface area contributed by atoms with Gasteiger partial charge in [0.15, 0.2) is 0 Å². The van der Waals surface area contributed by atoms with Gasteiger partial charge in [-0.05, 0) is 35.9 Å². The van der Waals surface area contributed by atoms with Crippen LogP contribution in [0.15, 0.2) is 30.3 Å². The van der Waals surface area contributed by atoms with Crippen LogP contribution in [0.3, 0.4) is 0 Å². The summed E-state index contributed by atoms with van der Waals surface area (Å²) in [5.74, 6) is 0. The minimum absolute atomic E-state index is 0.638. The lowest BCUT2D eigenvalue weighted by atomic mass is 10.2. The van der Waals surface area contributed by atoms with Crippen LogP contribution < -0.4 is 5.73 Å². The highest BCUT2D eigenvalue weighted by Crippen LogP contribution is 2.32. The highest BCUT2D eigenvalue weighted by Gasteiger charge is 2.03. The normalized spacial score (nSPS) is 10.4. The Kier molecular flexibility index (Phi) is 2.68. The summed E-state index contributed by atoms with van der Waals surface area (Å²) in [6.07, 6.45) is 0. The topological polar surface area (TPSA) is 26.0 Å². The van der Waals surface area contributed by atoms with Crippen molar-refractivity contribution in [3.63, 3.8) is 0 Å². The van der Waals surface area contributed by atoms with E-state index in [0.29, 0.717) is 10.0 Å². The first-order chi connectivity index (χ1) is 6.65. The van der Waals surface area contributed by atoms with Crippen molar-refractivity contribution in [1.82, 2.24) is 0 Å². The fourth-order valence-corrected chi connectivity index (χ4v) is 2.49. The van der Waals surface area contributed by atoms with Crippen LogP contribution in [0.1, 0.15) is 0 Å². The summed E-state index contributed by atoms with van der Waals surface area (Å²) in [6, 6.07) is 9.29. The van der Waals surface area contributed by atoms with Crippen molar-refractivity contribution >= 4 is 39.5 Å². The fraction of sp³-hybridized carbons (Fsp3) is 0. The molecule has 1 aromatic heterocycles. The van der Waals surface area contributed by atoms with E-state index in [0.717, 1.165) is 15.4 Å². The summed E-state index contributed by atoms with van der Waals surface area (Å²) in [7, 11) is 0. The molecule has 0 saturated carbocycles. The van der Waals surface area contributed by atoms with E-state index in [2.05, 4.69) is 0 Å². The van der Waals surface area contributed by atoms with E-state index in [1.807, 2.05) is 24.3 Å². The molecule has 1 heterocycles. The summed E-state index contributed by atoms with van der Waals surface area (Å²) >= 11 is 13.3. The highest BCUT2D eigenvalue weighted by molar-refractivity contribution is 7.19. The third-order valence-electron chi connectivity index (χ3n) is 1.77. The minimum atomic E-state index is 0.638. The van der Waals surface area contributed by atoms with Crippen LogP contribution in [0.2, 0.25) is 10.0 Å². The first-order valence-corrected chi connectivity index (χ1v) is 5.54. The van der Waals surface area contributed by atoms with Crippen LogP contribution >= 0.6 is 34.5 Å². The number of benzene rings is 1. The van der Waals surface area contributed by atoms with Gasteiger partial charge in [-0.1, -0.05) is 23.2 Å². The van der Waals surface area contributed by atoms with Crippen LogP contribution in [0.25, 0.3) is 10.4 Å². The van der Waals surface area contributed by atoms with Gasteiger partial charge in [0.25, 0.3) is 0 Å². The van der Waals surface area contributed by atoms with Gasteiger partial charge >= 0.3 is 0 Å². The molecule has 0 aliphatic heterocycles. The van der Waals surface area contributed by atoms with Gasteiger partial charge in [0.2, 0.25) is 0 Å². The minimum Gasteiger partial charge on any atom is -0.391 e. The van der Waals surface area contributed by atoms with Crippen molar-refractivity contribution in [1.29, 1.82) is 0 Å². The summed E-state index contributed by atoms with van der Waals surface area (Å²) < 4.78 is 0. The summed E-state index contributed by atoms with van der Waals surface area (Å²) in [6.45, 7) is 0. The van der Waals surface area contributed by atoms with Crippen molar-refractivity contribution in [3.8, 4) is 10.4 Å². The Bertz CT molecular complexity index is 445. The zero-order chi connectivity index (χ0) is 10.1. The SMILES string of the molecule is Nc1ccc(-c2cc(Cl)cc(Cl)c2)s1. The van der Waals surface area contributed by atoms with Crippen LogP contribution in [-0.4, -0.2) is 0 Å². The lowest BCUT2D eigenvalue weighted by Gasteiger charge is -1.99. The molecule has 0 unspecified atom stereocenters. The van der Waals surface area contributed by atoms with Crippen molar-refractivity contribution < 1.29 is 0 Å². The average Bonchev–Trinajstić information content (AvgIpc) is 2.50. The van der Waals surface area contributed by atoms with E-state index in [1.54, 1.807) is 6.07 Å². The summed E-state index contributed by atoms with van der Waals surface area (Å²) in [5, 5.41) is 2.06. The van der Waals surface area contributed by atoms with E-state index < -0.39 is 0 Å². The Balaban J connectivity index is 2.51. The van der Waals surface area contributed by atoms with Crippen LogP contribution in [0.5, 0.6) is 0 Å². The van der Waals surface area contributed by atoms with Gasteiger partial charge in [0.05, 0.1) is 5.00 Å². The molecule has 2 N–H and O–H groups in total. The maximum Gasteiger partial charge on any atom is 0.0862 e. The largest absolute Gasteiger partial charge is 0.391 e. The van der Waals surface area contributed by atoms with Crippen molar-refractivity contribution in [3.05, 3.63) is 40.4 Å². The van der Waals surface area contributed by atoms with E-state index in [-0.39, 0.29) is 0 Å². The number of thiophene rings is 1. The third-order valence-corrected chi connectivity index (χ3v) is 3.17. The van der Waals surface area contributed by atoms with E-state index in [1.165, 1.54) is 11.3 Å². The van der Waals surface area contributed by atoms with Crippen molar-refractivity contribution in [2.75, 3.05) is 5.73 Å². The molecular formula is C10H7Cl2NS. The van der Waals surface area contributed by atoms with Crippen LogP contribution in [0, 0.1) is 0 Å². The molecule has 0 aliphatic carbocycles. The second-order valence-corrected chi connectivity index (χ2v) is 4.85. The molecule has 14 heavy (non-hydrogen) atoms. The highest BCUT2D eigenvalue weighted by atomic mass is 35.5. The van der Waals surface area contributed by atoms with Crippen LogP contribution in [-0.2, 0) is 0 Å². The molecule has 0 radical (unpaired) electrons. The standard InChI is InChI=1S/C10H7Cl2NS/c11-7-3-6(4-8(12)5-7)9-1-2-10(13)14-9/h1-5H,13H2. The lowest BCUT2D eigenvalue weighted by Crippen LogP contribution is -1.74. The molecule has 0 saturated heterocycles. The van der Waals surface area contributed by atoms with Gasteiger partial charge in [0, 0.05) is 14.9 Å². The zero-order valence-corrected chi connectivity index (χ0v) is 9.46. The van der Waals surface area contributed by atoms with Crippen molar-refractivity contribution in [2.24, 2.45) is 0 Å². The molecule has 0 bridgehead atoms. The van der Waals surface area contributed by atoms with Gasteiger partial charge in [-0.2, -0.15) is 0 Å². The molecular weight excluding hydrogens is 237 g/mol. The number of nitrogens with two attached hydrogens (primary N) is 1. The molecule has 0 aliphatic rings. The van der Waals surface area contributed by atoms with Gasteiger partial charge in [0.1, 0.15) is 0 Å². The first kappa shape index (κ1) is 9.84. The quantitative estimate of drug-likeness (QED) is 0.794. The molecule has 4 heteroatoms. The Hall–Kier alpha value is -0.700. The zero-order valence-electron chi connectivity index (χ0n) is 7.13. The molecule has 2 rings (SSSR count). The van der Waals surface area contributed by atoms with E-state index in [9.17, 15) is 0 Å². The Morgan fingerprint density at radius 1 is 1.00 bits per heavy atom. The van der Waals surface area contributed by atoms with Gasteiger partial charge in [-0.15, -0.1) is 11.3 Å². The Labute approximate surface area is 96.1 Å². The van der Waals surface area contributed by atoms with Gasteiger partial charge in [-0.3, -0.25) is 0 Å². The predicted molar refractivity (Wildman–Crippen MR) is 64.2 cm³/mol. The molecule has 72 valence electrons. The van der Waals surface area contributed by atoms with Crippen LogP contribution in [0.4, 0.5) is 5.00 Å². The van der Waals surface area contributed by atoms with Gasteiger partial charge < -0.3 is 5.73 Å². The molecule has 1 aromatic carbocycles. The van der Waals surface area contributed by atoms with Gasteiger partial charge in [-0.25, -0.2) is 0 Å². The molecule has 1 nitrogen and oxygen atoms in total. The Morgan fingerprint density at radius 2 is 1.64 bits per heavy atom. The lowest BCUT2D eigenvalue weighted by molar-refractivity contribution is 1.69. The molecule has 0 spiro atoms. The smallest absolute Gasteiger partial charge is 0.0862 e. The van der Waals surface area contributed by atoms with Crippen molar-refractivity contribution in [2.45, 2.75) is 0 Å². The second-order valence-electron chi connectivity index (χ2n) is 2.86. The third kappa shape index (κ3) is 2.03. The molecule has 0 atom stereocenters. The molecule has 0 fully saturated rings. The predicted octanol–water partition coefficient (Wildman–Crippen LogP) is 4.30. The Morgan fingerprint density at radius 3 is 2.14 bits per heavy atom. The molecule has 2 aromatic rings.